The highest BCUT2D eigenvalue weighted by atomic mass is 16.7. The molecule has 1 heterocycles. The first kappa shape index (κ1) is 25.9. The lowest BCUT2D eigenvalue weighted by molar-refractivity contribution is -0.278. The molecule has 2 aromatic carbocycles. The topological polar surface area (TPSA) is 152 Å². The number of aromatic hydroxyl groups is 1. The fraction of sp³-hybridized carbons (Fsp3) is 0.280. The summed E-state index contributed by atoms with van der Waals surface area (Å²) in [6.45, 7) is -0.421. The van der Waals surface area contributed by atoms with Gasteiger partial charge >= 0.3 is 5.97 Å². The van der Waals surface area contributed by atoms with Crippen LogP contribution >= 0.6 is 0 Å². The van der Waals surface area contributed by atoms with Crippen molar-refractivity contribution in [2.75, 3.05) is 13.7 Å². The molecule has 0 saturated carbocycles. The van der Waals surface area contributed by atoms with Crippen molar-refractivity contribution in [1.29, 1.82) is 0 Å². The van der Waals surface area contributed by atoms with Crippen molar-refractivity contribution in [3.05, 3.63) is 65.7 Å². The Kier molecular flexibility index (Phi) is 8.98. The molecule has 0 aliphatic carbocycles. The van der Waals surface area contributed by atoms with Gasteiger partial charge in [-0.1, -0.05) is 24.3 Å². The number of allylic oxidation sites excluding steroid dienone is 1. The molecule has 0 spiro atoms. The molecule has 10 nitrogen and oxygen atoms in total. The molecule has 0 amide bonds. The van der Waals surface area contributed by atoms with Crippen LogP contribution < -0.4 is 9.47 Å². The van der Waals surface area contributed by atoms with E-state index in [-0.39, 0.29) is 17.2 Å². The first-order valence-corrected chi connectivity index (χ1v) is 10.6. The molecule has 35 heavy (non-hydrogen) atoms. The van der Waals surface area contributed by atoms with Gasteiger partial charge in [0.05, 0.1) is 7.11 Å². The minimum Gasteiger partial charge on any atom is -0.508 e. The number of aliphatic hydroxyl groups is 3. The largest absolute Gasteiger partial charge is 0.508 e. The Hall–Kier alpha value is -3.70. The zero-order valence-electron chi connectivity index (χ0n) is 18.8. The molecular formula is C25H26O10. The van der Waals surface area contributed by atoms with E-state index in [4.69, 9.17) is 18.9 Å². The molecule has 5 atom stereocenters. The van der Waals surface area contributed by atoms with Gasteiger partial charge in [0, 0.05) is 6.08 Å². The smallest absolute Gasteiger partial charge is 0.330 e. The molecule has 1 aliphatic heterocycles. The summed E-state index contributed by atoms with van der Waals surface area (Å²) in [5.74, 6) is -0.186. The number of methoxy groups -OCH3 is 1. The van der Waals surface area contributed by atoms with Gasteiger partial charge in [-0.2, -0.15) is 0 Å². The number of esters is 1. The number of aliphatic hydroxyl groups excluding tert-OH is 3. The van der Waals surface area contributed by atoms with Gasteiger partial charge < -0.3 is 39.4 Å². The van der Waals surface area contributed by atoms with Crippen LogP contribution in [0.15, 0.2) is 54.6 Å². The summed E-state index contributed by atoms with van der Waals surface area (Å²) in [6.07, 6.45) is -1.24. The average Bonchev–Trinajstić information content (AvgIpc) is 2.87. The number of aldehydes is 1. The monoisotopic (exact) mass is 486 g/mol. The van der Waals surface area contributed by atoms with E-state index in [1.165, 1.54) is 37.5 Å². The zero-order valence-corrected chi connectivity index (χ0v) is 18.8. The second-order valence-corrected chi connectivity index (χ2v) is 7.59. The highest BCUT2D eigenvalue weighted by molar-refractivity contribution is 5.87. The maximum absolute atomic E-state index is 12.1. The first-order valence-electron chi connectivity index (χ1n) is 10.6. The van der Waals surface area contributed by atoms with Crippen LogP contribution in [0.5, 0.6) is 17.2 Å². The van der Waals surface area contributed by atoms with E-state index in [0.717, 1.165) is 6.08 Å². The summed E-state index contributed by atoms with van der Waals surface area (Å²) in [4.78, 5) is 22.6. The van der Waals surface area contributed by atoms with Gasteiger partial charge in [0.1, 0.15) is 43.1 Å². The van der Waals surface area contributed by atoms with E-state index >= 15 is 0 Å². The van der Waals surface area contributed by atoms with Gasteiger partial charge in [-0.15, -0.1) is 0 Å². The number of carbonyl (C=O) groups excluding carboxylic acids is 2. The zero-order chi connectivity index (χ0) is 25.4. The van der Waals surface area contributed by atoms with Crippen molar-refractivity contribution in [2.24, 2.45) is 0 Å². The maximum Gasteiger partial charge on any atom is 0.330 e. The highest BCUT2D eigenvalue weighted by Crippen LogP contribution is 2.32. The van der Waals surface area contributed by atoms with Gasteiger partial charge in [-0.25, -0.2) is 4.79 Å². The predicted octanol–water partition coefficient (Wildman–Crippen LogP) is 1.06. The van der Waals surface area contributed by atoms with Crippen molar-refractivity contribution >= 4 is 24.4 Å². The van der Waals surface area contributed by atoms with Gasteiger partial charge in [0.25, 0.3) is 0 Å². The van der Waals surface area contributed by atoms with Crippen LogP contribution in [0.2, 0.25) is 0 Å². The lowest BCUT2D eigenvalue weighted by atomic mass is 9.99. The maximum atomic E-state index is 12.1. The average molecular weight is 486 g/mol. The predicted molar refractivity (Wildman–Crippen MR) is 124 cm³/mol. The summed E-state index contributed by atoms with van der Waals surface area (Å²) in [5.41, 5.74) is 1.31. The quantitative estimate of drug-likeness (QED) is 0.230. The van der Waals surface area contributed by atoms with Crippen molar-refractivity contribution in [2.45, 2.75) is 30.7 Å². The summed E-state index contributed by atoms with van der Waals surface area (Å²) in [5, 5.41) is 40.2. The minimum absolute atomic E-state index is 0.0916. The number of phenols is 1. The Bertz CT molecular complexity index is 1060. The van der Waals surface area contributed by atoms with E-state index in [0.29, 0.717) is 17.4 Å². The molecule has 0 unspecified atom stereocenters. The van der Waals surface area contributed by atoms with Crippen LogP contribution in [0.25, 0.3) is 12.2 Å². The molecule has 2 aromatic rings. The lowest BCUT2D eigenvalue weighted by Gasteiger charge is -2.40. The molecule has 10 heteroatoms. The number of benzene rings is 2. The molecule has 1 fully saturated rings. The fourth-order valence-electron chi connectivity index (χ4n) is 3.27. The van der Waals surface area contributed by atoms with Crippen LogP contribution in [0, 0.1) is 0 Å². The van der Waals surface area contributed by atoms with Gasteiger partial charge in [-0.3, -0.25) is 4.79 Å². The minimum atomic E-state index is -1.63. The summed E-state index contributed by atoms with van der Waals surface area (Å²) in [7, 11) is 1.40. The van der Waals surface area contributed by atoms with Crippen LogP contribution in [-0.2, 0) is 19.1 Å². The molecule has 0 bridgehead atoms. The molecule has 0 radical (unpaired) electrons. The summed E-state index contributed by atoms with van der Waals surface area (Å²) >= 11 is 0. The first-order chi connectivity index (χ1) is 16.8. The van der Waals surface area contributed by atoms with E-state index in [9.17, 15) is 30.0 Å². The number of carbonyl (C=O) groups is 2. The van der Waals surface area contributed by atoms with E-state index in [1.54, 1.807) is 30.3 Å². The fourth-order valence-corrected chi connectivity index (χ4v) is 3.27. The Morgan fingerprint density at radius 1 is 0.971 bits per heavy atom. The van der Waals surface area contributed by atoms with E-state index in [2.05, 4.69) is 0 Å². The number of rotatable bonds is 9. The molecule has 1 aliphatic rings. The SMILES string of the molecule is COc1cc(/C=C/C=O)ccc1O[C@@H]1O[C@H](COC(=O)/C=C/c2ccc(O)cc2)[C@@H](O)[C@H](O)[C@H]1O. The molecule has 4 N–H and O–H groups in total. The highest BCUT2D eigenvalue weighted by Gasteiger charge is 2.45. The van der Waals surface area contributed by atoms with Crippen LogP contribution in [0.4, 0.5) is 0 Å². The van der Waals surface area contributed by atoms with Crippen LogP contribution in [0.1, 0.15) is 11.1 Å². The molecule has 0 aromatic heterocycles. The Morgan fingerprint density at radius 2 is 1.69 bits per heavy atom. The second kappa shape index (κ2) is 12.1. The Balaban J connectivity index is 1.64. The van der Waals surface area contributed by atoms with Gasteiger partial charge in [0.2, 0.25) is 6.29 Å². The Labute approximate surface area is 201 Å². The number of hydrogen-bond acceptors (Lipinski definition) is 10. The van der Waals surface area contributed by atoms with Crippen LogP contribution in [-0.4, -0.2) is 77.1 Å². The lowest BCUT2D eigenvalue weighted by Crippen LogP contribution is -2.60. The van der Waals surface area contributed by atoms with E-state index in [1.807, 2.05) is 0 Å². The van der Waals surface area contributed by atoms with Gasteiger partial charge in [-0.05, 0) is 47.5 Å². The van der Waals surface area contributed by atoms with Gasteiger partial charge in [0.15, 0.2) is 11.5 Å². The molecule has 186 valence electrons. The summed E-state index contributed by atoms with van der Waals surface area (Å²) < 4.78 is 21.6. The molecular weight excluding hydrogens is 460 g/mol. The second-order valence-electron chi connectivity index (χ2n) is 7.59. The normalized spacial score (nSPS) is 24.4. The van der Waals surface area contributed by atoms with Crippen LogP contribution in [0.3, 0.4) is 0 Å². The number of ether oxygens (including phenoxy) is 4. The molecule has 1 saturated heterocycles. The number of phenolic OH excluding ortho intramolecular Hbond substituents is 1. The van der Waals surface area contributed by atoms with Crippen molar-refractivity contribution in [1.82, 2.24) is 0 Å². The summed E-state index contributed by atoms with van der Waals surface area (Å²) in [6, 6.07) is 10.9. The van der Waals surface area contributed by atoms with Crippen molar-refractivity contribution in [3.63, 3.8) is 0 Å². The third-order valence-electron chi connectivity index (χ3n) is 5.16. The standard InChI is InChI=1S/C25H26O10/c1-32-19-13-16(3-2-12-26)6-10-18(19)34-25-24(31)23(30)22(29)20(35-25)14-33-21(28)11-7-15-4-8-17(27)9-5-15/h2-13,20,22-25,27,29-31H,14H2,1H3/b3-2+,11-7+/t20-,22-,23+,24-,25-/m1/s1. The molecule has 3 rings (SSSR count). The van der Waals surface area contributed by atoms with E-state index < -0.39 is 43.3 Å². The Morgan fingerprint density at radius 3 is 2.37 bits per heavy atom. The van der Waals surface area contributed by atoms with Crippen molar-refractivity contribution < 1.29 is 49.0 Å². The number of hydrogen-bond donors (Lipinski definition) is 4. The van der Waals surface area contributed by atoms with Crippen molar-refractivity contribution in [3.8, 4) is 17.2 Å². The third kappa shape index (κ3) is 6.90. The third-order valence-corrected chi connectivity index (χ3v) is 5.16.